The number of hydrogen-bond donors (Lipinski definition) is 0. The molecule has 0 amide bonds. The Hall–Kier alpha value is -0.331. The van der Waals surface area contributed by atoms with Gasteiger partial charge in [-0.3, -0.25) is 0 Å². The molecular weight excluding hydrogens is 304 g/mol. The number of rotatable bonds is 0. The zero-order valence-electron chi connectivity index (χ0n) is 7.78. The summed E-state index contributed by atoms with van der Waals surface area (Å²) in [5.41, 5.74) is 4.02. The predicted octanol–water partition coefficient (Wildman–Crippen LogP) is 1.01. The average molecular weight is 313 g/mol. The molecule has 1 aromatic carbocycles. The molecule has 70 valence electrons. The molecule has 2 heterocycles. The number of benzene rings is 1. The van der Waals surface area contributed by atoms with Gasteiger partial charge < -0.3 is 0 Å². The fraction of sp³-hybridized carbons (Fsp3) is 0.182. The molecular formula is C11H9NSe2. The van der Waals surface area contributed by atoms with Crippen LogP contribution in [0.4, 0.5) is 0 Å². The van der Waals surface area contributed by atoms with Gasteiger partial charge in [0.2, 0.25) is 0 Å². The van der Waals surface area contributed by atoms with Crippen molar-refractivity contribution < 1.29 is 0 Å². The van der Waals surface area contributed by atoms with Crippen LogP contribution in [0.1, 0.15) is 11.1 Å². The van der Waals surface area contributed by atoms with Crippen LogP contribution >= 0.6 is 0 Å². The van der Waals surface area contributed by atoms with E-state index in [0.29, 0.717) is 13.1 Å². The Morgan fingerprint density at radius 1 is 1.29 bits per heavy atom. The predicted molar refractivity (Wildman–Crippen MR) is 61.3 cm³/mol. The van der Waals surface area contributed by atoms with E-state index in [4.69, 9.17) is 4.98 Å². The summed E-state index contributed by atoms with van der Waals surface area (Å²) >= 11 is 1.52. The Morgan fingerprint density at radius 3 is 3.14 bits per heavy atom. The van der Waals surface area contributed by atoms with Crippen molar-refractivity contribution in [3.05, 3.63) is 35.4 Å². The Kier molecular flexibility index (Phi) is 2.14. The number of pyridine rings is 1. The van der Waals surface area contributed by atoms with Gasteiger partial charge in [0, 0.05) is 0 Å². The zero-order chi connectivity index (χ0) is 9.54. The van der Waals surface area contributed by atoms with Crippen LogP contribution < -0.4 is 4.59 Å². The van der Waals surface area contributed by atoms with E-state index in [9.17, 15) is 0 Å². The minimum absolute atomic E-state index is 0.696. The van der Waals surface area contributed by atoms with Crippen LogP contribution in [-0.2, 0) is 5.32 Å². The molecule has 0 atom stereocenters. The monoisotopic (exact) mass is 315 g/mol. The Balaban J connectivity index is 2.33. The van der Waals surface area contributed by atoms with Crippen molar-refractivity contribution in [1.29, 1.82) is 0 Å². The molecule has 1 aromatic heterocycles. The van der Waals surface area contributed by atoms with Crippen molar-refractivity contribution >= 4 is 41.8 Å². The third-order valence-electron chi connectivity index (χ3n) is 2.36. The van der Waals surface area contributed by atoms with Gasteiger partial charge in [-0.25, -0.2) is 0 Å². The summed E-state index contributed by atoms with van der Waals surface area (Å²) in [6.45, 7) is 2.14. The van der Waals surface area contributed by atoms with E-state index in [0.717, 1.165) is 13.1 Å². The maximum absolute atomic E-state index is 4.74. The van der Waals surface area contributed by atoms with Gasteiger partial charge in [0.1, 0.15) is 0 Å². The molecule has 0 unspecified atom stereocenters. The molecule has 0 saturated heterocycles. The van der Waals surface area contributed by atoms with E-state index in [1.54, 1.807) is 0 Å². The van der Waals surface area contributed by atoms with Crippen molar-refractivity contribution in [2.24, 2.45) is 0 Å². The molecule has 1 aliphatic rings. The van der Waals surface area contributed by atoms with E-state index >= 15 is 0 Å². The molecule has 14 heavy (non-hydrogen) atoms. The quantitative estimate of drug-likeness (QED) is 0.662. The van der Waals surface area contributed by atoms with Crippen molar-refractivity contribution in [3.63, 3.8) is 0 Å². The first kappa shape index (κ1) is 8.94. The van der Waals surface area contributed by atoms with Crippen molar-refractivity contribution in [2.45, 2.75) is 12.2 Å². The molecule has 2 aromatic rings. The first-order valence-corrected chi connectivity index (χ1v) is 10.9. The van der Waals surface area contributed by atoms with Crippen LogP contribution in [0.15, 0.2) is 24.3 Å². The fourth-order valence-electron chi connectivity index (χ4n) is 1.65. The number of fused-ring (bicyclic) bond motifs is 2. The summed E-state index contributed by atoms with van der Waals surface area (Å²) in [7, 11) is 0. The Labute approximate surface area is 94.2 Å². The van der Waals surface area contributed by atoms with Crippen LogP contribution in [0.2, 0.25) is 0 Å². The maximum atomic E-state index is 4.74. The van der Waals surface area contributed by atoms with Gasteiger partial charge in [-0.2, -0.15) is 0 Å². The zero-order valence-corrected chi connectivity index (χ0v) is 11.2. The van der Waals surface area contributed by atoms with E-state index < -0.39 is 0 Å². The Morgan fingerprint density at radius 2 is 2.21 bits per heavy atom. The summed E-state index contributed by atoms with van der Waals surface area (Å²) in [6.07, 6.45) is 0. The van der Waals surface area contributed by atoms with E-state index in [1.807, 2.05) is 0 Å². The molecule has 1 aliphatic heterocycles. The minimum atomic E-state index is 0.696. The third-order valence-corrected chi connectivity index (χ3v) is 8.87. The topological polar surface area (TPSA) is 12.9 Å². The summed E-state index contributed by atoms with van der Waals surface area (Å²) in [5.74, 6) is 0. The van der Waals surface area contributed by atoms with Gasteiger partial charge in [-0.15, -0.1) is 0 Å². The molecule has 3 rings (SSSR count). The normalized spacial score (nSPS) is 14.6. The van der Waals surface area contributed by atoms with Crippen molar-refractivity contribution in [1.82, 2.24) is 4.98 Å². The first-order valence-electron chi connectivity index (χ1n) is 4.53. The standard InChI is InChI=1S/C11H9NSe2/c1-7-2-3-10-8(4-7)5-9-6-13-14-11(9)12-10/h2-5H,6H2,1H3. The number of hydrogen-bond acceptors (Lipinski definition) is 1. The van der Waals surface area contributed by atoms with E-state index in [-0.39, 0.29) is 0 Å². The van der Waals surface area contributed by atoms with Crippen molar-refractivity contribution in [2.75, 3.05) is 0 Å². The SMILES string of the molecule is Cc1ccc2nc3c(cc2c1)C[Se][Se]3. The van der Waals surface area contributed by atoms with Gasteiger partial charge in [-0.1, -0.05) is 0 Å². The van der Waals surface area contributed by atoms with Crippen LogP contribution in [0.3, 0.4) is 0 Å². The summed E-state index contributed by atoms with van der Waals surface area (Å²) in [4.78, 5) is 4.74. The first-order chi connectivity index (χ1) is 6.83. The second-order valence-electron chi connectivity index (χ2n) is 3.49. The average Bonchev–Trinajstić information content (AvgIpc) is 2.61. The second kappa shape index (κ2) is 3.36. The van der Waals surface area contributed by atoms with Gasteiger partial charge in [0.05, 0.1) is 0 Å². The summed E-state index contributed by atoms with van der Waals surface area (Å²) in [5, 5.41) is 2.62. The molecule has 0 saturated carbocycles. The van der Waals surface area contributed by atoms with Crippen LogP contribution in [0.25, 0.3) is 10.9 Å². The second-order valence-corrected chi connectivity index (χ2v) is 10.1. The molecule has 0 fully saturated rings. The fourth-order valence-corrected chi connectivity index (χ4v) is 8.80. The molecule has 0 radical (unpaired) electrons. The summed E-state index contributed by atoms with van der Waals surface area (Å²) in [6, 6.07) is 8.88. The number of aryl methyl sites for hydroxylation is 1. The van der Waals surface area contributed by atoms with Crippen LogP contribution in [0.5, 0.6) is 0 Å². The molecule has 0 aliphatic carbocycles. The van der Waals surface area contributed by atoms with Gasteiger partial charge in [0.15, 0.2) is 0 Å². The van der Waals surface area contributed by atoms with Gasteiger partial charge in [-0.05, 0) is 0 Å². The van der Waals surface area contributed by atoms with E-state index in [2.05, 4.69) is 31.2 Å². The van der Waals surface area contributed by atoms with Crippen LogP contribution in [-0.4, -0.2) is 31.2 Å². The Bertz CT molecular complexity index is 508. The third kappa shape index (κ3) is 1.41. The molecule has 3 heteroatoms. The molecule has 1 nitrogen and oxygen atoms in total. The van der Waals surface area contributed by atoms with Crippen molar-refractivity contribution in [3.8, 4) is 0 Å². The number of nitrogens with zero attached hydrogens (tertiary/aromatic N) is 1. The van der Waals surface area contributed by atoms with Gasteiger partial charge >= 0.3 is 94.4 Å². The number of aromatic nitrogens is 1. The van der Waals surface area contributed by atoms with Crippen LogP contribution in [0, 0.1) is 6.92 Å². The summed E-state index contributed by atoms with van der Waals surface area (Å²) < 4.78 is 1.41. The molecule has 0 spiro atoms. The van der Waals surface area contributed by atoms with E-state index in [1.165, 1.54) is 31.9 Å². The van der Waals surface area contributed by atoms with Gasteiger partial charge in [0.25, 0.3) is 0 Å². The molecule has 0 bridgehead atoms. The molecule has 0 N–H and O–H groups in total.